The topological polar surface area (TPSA) is 58.1 Å². The van der Waals surface area contributed by atoms with Gasteiger partial charge in [0.2, 0.25) is 0 Å². The van der Waals surface area contributed by atoms with Crippen LogP contribution in [-0.2, 0) is 6.54 Å². The summed E-state index contributed by atoms with van der Waals surface area (Å²) < 4.78 is 10.8. The molecule has 158 valence electrons. The van der Waals surface area contributed by atoms with Crippen molar-refractivity contribution in [2.24, 2.45) is 4.99 Å². The maximum absolute atomic E-state index is 5.41. The maximum atomic E-state index is 5.41. The number of anilines is 1. The smallest absolute Gasteiger partial charge is 0.191 e. The van der Waals surface area contributed by atoms with Crippen LogP contribution in [0.15, 0.2) is 34.6 Å². The van der Waals surface area contributed by atoms with Crippen LogP contribution in [0.2, 0.25) is 0 Å². The van der Waals surface area contributed by atoms with E-state index >= 15 is 0 Å². The Balaban J connectivity index is 1.58. The number of hydrogen-bond donors (Lipinski definition) is 2. The average Bonchev–Trinajstić information content (AvgIpc) is 3.17. The van der Waals surface area contributed by atoms with Crippen molar-refractivity contribution in [3.63, 3.8) is 0 Å². The largest absolute Gasteiger partial charge is 0.497 e. The third kappa shape index (κ3) is 5.79. The van der Waals surface area contributed by atoms with Crippen molar-refractivity contribution < 1.29 is 9.47 Å². The molecular weight excluding hydrogens is 384 g/mol. The van der Waals surface area contributed by atoms with Gasteiger partial charge in [-0.2, -0.15) is 0 Å². The molecule has 0 spiro atoms. The normalized spacial score (nSPS) is 15.3. The zero-order chi connectivity index (χ0) is 20.6. The van der Waals surface area contributed by atoms with Gasteiger partial charge in [-0.15, -0.1) is 11.3 Å². The molecule has 0 amide bonds. The van der Waals surface area contributed by atoms with E-state index in [0.29, 0.717) is 6.04 Å². The predicted octanol–water partition coefficient (Wildman–Crippen LogP) is 3.80. The van der Waals surface area contributed by atoms with Gasteiger partial charge in [-0.05, 0) is 43.7 Å². The molecule has 1 aromatic carbocycles. The first-order valence-electron chi connectivity index (χ1n) is 10.2. The Hall–Kier alpha value is -2.41. The van der Waals surface area contributed by atoms with Crippen LogP contribution in [0, 0.1) is 6.92 Å². The first kappa shape index (κ1) is 21.3. The standard InChI is InChI=1S/C22H32N4O2S/c1-5-23-22(24-15-21-16(2)8-11-29-21)25-17-6-9-26(10-7-17)18-12-19(27-3)14-20(13-18)28-4/h8,11-14,17H,5-7,9-10,15H2,1-4H3,(H2,23,24,25). The van der Waals surface area contributed by atoms with Gasteiger partial charge in [-0.3, -0.25) is 0 Å². The summed E-state index contributed by atoms with van der Waals surface area (Å²) in [7, 11) is 3.38. The van der Waals surface area contributed by atoms with Gasteiger partial charge >= 0.3 is 0 Å². The number of guanidine groups is 1. The van der Waals surface area contributed by atoms with Crippen molar-refractivity contribution in [2.75, 3.05) is 38.8 Å². The third-order valence-electron chi connectivity index (χ3n) is 5.23. The van der Waals surface area contributed by atoms with Crippen molar-refractivity contribution in [1.82, 2.24) is 10.6 Å². The van der Waals surface area contributed by atoms with E-state index in [2.05, 4.69) is 53.0 Å². The molecule has 2 aromatic rings. The lowest BCUT2D eigenvalue weighted by Crippen LogP contribution is -2.48. The summed E-state index contributed by atoms with van der Waals surface area (Å²) in [6, 6.07) is 8.63. The highest BCUT2D eigenvalue weighted by atomic mass is 32.1. The highest BCUT2D eigenvalue weighted by Crippen LogP contribution is 2.30. The molecule has 29 heavy (non-hydrogen) atoms. The number of aliphatic imine (C=N–C) groups is 1. The number of ether oxygens (including phenoxy) is 2. The number of piperidine rings is 1. The summed E-state index contributed by atoms with van der Waals surface area (Å²) in [6.07, 6.45) is 2.12. The highest BCUT2D eigenvalue weighted by Gasteiger charge is 2.21. The summed E-state index contributed by atoms with van der Waals surface area (Å²) in [5.41, 5.74) is 2.46. The number of thiophene rings is 1. The van der Waals surface area contributed by atoms with Crippen LogP contribution in [0.1, 0.15) is 30.2 Å². The predicted molar refractivity (Wildman–Crippen MR) is 122 cm³/mol. The maximum Gasteiger partial charge on any atom is 0.191 e. The molecular formula is C22H32N4O2S. The molecule has 0 aliphatic carbocycles. The summed E-state index contributed by atoms with van der Waals surface area (Å²) in [4.78, 5) is 8.51. The molecule has 2 heterocycles. The fourth-order valence-corrected chi connectivity index (χ4v) is 4.32. The second-order valence-electron chi connectivity index (χ2n) is 7.20. The summed E-state index contributed by atoms with van der Waals surface area (Å²) in [5, 5.41) is 9.13. The van der Waals surface area contributed by atoms with Crippen molar-refractivity contribution in [3.8, 4) is 11.5 Å². The molecule has 3 rings (SSSR count). The summed E-state index contributed by atoms with van der Waals surface area (Å²) in [6.45, 7) is 7.80. The van der Waals surface area contributed by atoms with Gasteiger partial charge in [0.25, 0.3) is 0 Å². The number of rotatable bonds is 7. The lowest BCUT2D eigenvalue weighted by molar-refractivity contribution is 0.393. The molecule has 1 saturated heterocycles. The lowest BCUT2D eigenvalue weighted by Gasteiger charge is -2.34. The zero-order valence-corrected chi connectivity index (χ0v) is 18.6. The molecule has 0 atom stereocenters. The third-order valence-corrected chi connectivity index (χ3v) is 6.24. The van der Waals surface area contributed by atoms with Gasteiger partial charge in [-0.1, -0.05) is 0 Å². The fraction of sp³-hybridized carbons (Fsp3) is 0.500. The van der Waals surface area contributed by atoms with E-state index in [0.717, 1.165) is 62.2 Å². The number of nitrogens with zero attached hydrogens (tertiary/aromatic N) is 2. The van der Waals surface area contributed by atoms with Crippen LogP contribution in [0.25, 0.3) is 0 Å². The SMILES string of the molecule is CCNC(=NCc1sccc1C)NC1CCN(c2cc(OC)cc(OC)c2)CC1. The molecule has 1 aromatic heterocycles. The van der Waals surface area contributed by atoms with E-state index in [1.807, 2.05) is 6.07 Å². The highest BCUT2D eigenvalue weighted by molar-refractivity contribution is 7.10. The Morgan fingerprint density at radius 3 is 2.41 bits per heavy atom. The van der Waals surface area contributed by atoms with Crippen LogP contribution < -0.4 is 25.0 Å². The molecule has 0 bridgehead atoms. The first-order chi connectivity index (χ1) is 14.1. The Morgan fingerprint density at radius 2 is 1.86 bits per heavy atom. The summed E-state index contributed by atoms with van der Waals surface area (Å²) in [5.74, 6) is 2.55. The first-order valence-corrected chi connectivity index (χ1v) is 11.1. The van der Waals surface area contributed by atoms with Gasteiger partial charge < -0.3 is 25.0 Å². The van der Waals surface area contributed by atoms with Crippen molar-refractivity contribution in [3.05, 3.63) is 40.1 Å². The quantitative estimate of drug-likeness (QED) is 0.531. The van der Waals surface area contributed by atoms with Gasteiger partial charge in [0, 0.05) is 54.4 Å². The molecule has 1 fully saturated rings. The number of hydrogen-bond acceptors (Lipinski definition) is 5. The van der Waals surface area contributed by atoms with Gasteiger partial charge in [0.05, 0.1) is 20.8 Å². The Bertz CT molecular complexity index is 791. The van der Waals surface area contributed by atoms with Crippen LogP contribution in [0.5, 0.6) is 11.5 Å². The molecule has 1 aliphatic rings. The van der Waals surface area contributed by atoms with Gasteiger partial charge in [-0.25, -0.2) is 4.99 Å². The fourth-order valence-electron chi connectivity index (χ4n) is 3.49. The van der Waals surface area contributed by atoms with Crippen LogP contribution >= 0.6 is 11.3 Å². The molecule has 6 nitrogen and oxygen atoms in total. The Morgan fingerprint density at radius 1 is 1.17 bits per heavy atom. The number of benzene rings is 1. The Labute approximate surface area is 177 Å². The zero-order valence-electron chi connectivity index (χ0n) is 17.8. The number of nitrogens with one attached hydrogen (secondary N) is 2. The van der Waals surface area contributed by atoms with E-state index in [1.165, 1.54) is 10.4 Å². The van der Waals surface area contributed by atoms with Crippen LogP contribution in [0.4, 0.5) is 5.69 Å². The average molecular weight is 417 g/mol. The minimum atomic E-state index is 0.418. The lowest BCUT2D eigenvalue weighted by atomic mass is 10.0. The van der Waals surface area contributed by atoms with E-state index in [9.17, 15) is 0 Å². The van der Waals surface area contributed by atoms with Crippen LogP contribution in [0.3, 0.4) is 0 Å². The number of aryl methyl sites for hydroxylation is 1. The van der Waals surface area contributed by atoms with E-state index < -0.39 is 0 Å². The second kappa shape index (κ2) is 10.4. The molecule has 7 heteroatoms. The molecule has 0 radical (unpaired) electrons. The van der Waals surface area contributed by atoms with E-state index in [4.69, 9.17) is 14.5 Å². The van der Waals surface area contributed by atoms with Gasteiger partial charge in [0.15, 0.2) is 5.96 Å². The Kier molecular flexibility index (Phi) is 7.63. The van der Waals surface area contributed by atoms with Crippen molar-refractivity contribution >= 4 is 23.0 Å². The van der Waals surface area contributed by atoms with Gasteiger partial charge in [0.1, 0.15) is 11.5 Å². The minimum absolute atomic E-state index is 0.418. The van der Waals surface area contributed by atoms with Crippen LogP contribution in [-0.4, -0.2) is 45.9 Å². The van der Waals surface area contributed by atoms with E-state index in [-0.39, 0.29) is 0 Å². The molecule has 0 saturated carbocycles. The minimum Gasteiger partial charge on any atom is -0.497 e. The van der Waals surface area contributed by atoms with E-state index in [1.54, 1.807) is 25.6 Å². The number of methoxy groups -OCH3 is 2. The second-order valence-corrected chi connectivity index (χ2v) is 8.20. The molecule has 0 unspecified atom stereocenters. The van der Waals surface area contributed by atoms with Crippen molar-refractivity contribution in [1.29, 1.82) is 0 Å². The van der Waals surface area contributed by atoms with Crippen molar-refractivity contribution in [2.45, 2.75) is 39.3 Å². The summed E-state index contributed by atoms with van der Waals surface area (Å²) >= 11 is 1.77. The molecule has 2 N–H and O–H groups in total. The monoisotopic (exact) mass is 416 g/mol. The molecule has 1 aliphatic heterocycles.